The van der Waals surface area contributed by atoms with Crippen LogP contribution in [0, 0.1) is 5.92 Å². The molecule has 2 aliphatic rings. The van der Waals surface area contributed by atoms with Crippen molar-refractivity contribution in [1.82, 2.24) is 19.8 Å². The molecule has 36 heavy (non-hydrogen) atoms. The lowest BCUT2D eigenvalue weighted by molar-refractivity contribution is -0.134. The second-order valence-electron chi connectivity index (χ2n) is 10.2. The van der Waals surface area contributed by atoms with Crippen LogP contribution >= 0.6 is 0 Å². The van der Waals surface area contributed by atoms with Gasteiger partial charge in [0.2, 0.25) is 0 Å². The molecule has 1 saturated carbocycles. The van der Waals surface area contributed by atoms with Crippen molar-refractivity contribution in [3.05, 3.63) is 63.3 Å². The van der Waals surface area contributed by atoms with Gasteiger partial charge >= 0.3 is 6.18 Å². The zero-order valence-corrected chi connectivity index (χ0v) is 20.8. The smallest absolute Gasteiger partial charge is 0.348 e. The topological polar surface area (TPSA) is 67.2 Å². The van der Waals surface area contributed by atoms with Crippen LogP contribution < -0.4 is 10.9 Å². The van der Waals surface area contributed by atoms with Crippen LogP contribution in [0.2, 0.25) is 0 Å². The summed E-state index contributed by atoms with van der Waals surface area (Å²) in [5, 5.41) is 3.09. The molecule has 0 unspecified atom stereocenters. The Hall–Kier alpha value is -2.68. The van der Waals surface area contributed by atoms with Gasteiger partial charge in [-0.15, -0.1) is 0 Å². The lowest BCUT2D eigenvalue weighted by Gasteiger charge is -2.31. The predicted molar refractivity (Wildman–Crippen MR) is 132 cm³/mol. The van der Waals surface area contributed by atoms with E-state index in [1.807, 2.05) is 6.07 Å². The molecule has 2 aromatic rings. The Labute approximate surface area is 209 Å². The van der Waals surface area contributed by atoms with Crippen molar-refractivity contribution in [2.45, 2.75) is 70.0 Å². The second-order valence-corrected chi connectivity index (χ2v) is 10.2. The molecule has 0 aromatic carbocycles. The number of carbonyl (C=O) groups is 1. The first-order valence-corrected chi connectivity index (χ1v) is 12.9. The molecule has 0 atom stereocenters. The minimum absolute atomic E-state index is 0.0624. The van der Waals surface area contributed by atoms with Crippen LogP contribution in [0.5, 0.6) is 0 Å². The number of fused-ring (bicyclic) bond motifs is 1. The van der Waals surface area contributed by atoms with Gasteiger partial charge in [0, 0.05) is 56.5 Å². The van der Waals surface area contributed by atoms with Crippen molar-refractivity contribution < 1.29 is 18.0 Å². The first-order valence-electron chi connectivity index (χ1n) is 12.9. The Bertz CT molecular complexity index is 1110. The standard InChI is InChI=1S/C27H35F3N4O2/c1-33-24(3-2-4-25(33)35)26(36)32-21-8-5-19(6-9-21)12-16-34-17-13-20-7-10-22(11-15-27(28,29)30)31-23(20)14-18-34/h2-4,7,10,19,21H,5-6,8-9,11-18H2,1H3,(H,32,36)/t19-,21-. The fourth-order valence-corrected chi connectivity index (χ4v) is 5.32. The summed E-state index contributed by atoms with van der Waals surface area (Å²) < 4.78 is 39.0. The van der Waals surface area contributed by atoms with Gasteiger partial charge in [-0.1, -0.05) is 12.1 Å². The van der Waals surface area contributed by atoms with Crippen LogP contribution in [-0.2, 0) is 26.3 Å². The fraction of sp³-hybridized carbons (Fsp3) is 0.593. The van der Waals surface area contributed by atoms with Crippen molar-refractivity contribution >= 4 is 5.91 Å². The maximum atomic E-state index is 12.6. The third-order valence-electron chi connectivity index (χ3n) is 7.61. The number of aryl methyl sites for hydroxylation is 1. The molecule has 1 aliphatic carbocycles. The number of halogens is 3. The Morgan fingerprint density at radius 1 is 1.08 bits per heavy atom. The van der Waals surface area contributed by atoms with Crippen molar-refractivity contribution in [3.63, 3.8) is 0 Å². The molecule has 0 radical (unpaired) electrons. The number of nitrogens with one attached hydrogen (secondary N) is 1. The molecular formula is C27H35F3N4O2. The van der Waals surface area contributed by atoms with E-state index in [1.54, 1.807) is 25.2 Å². The van der Waals surface area contributed by atoms with Gasteiger partial charge in [-0.2, -0.15) is 13.2 Å². The average molecular weight is 505 g/mol. The summed E-state index contributed by atoms with van der Waals surface area (Å²) in [6.07, 6.45) is 1.72. The molecule has 9 heteroatoms. The Morgan fingerprint density at radius 2 is 1.83 bits per heavy atom. The van der Waals surface area contributed by atoms with E-state index < -0.39 is 12.6 Å². The van der Waals surface area contributed by atoms with Crippen LogP contribution in [0.25, 0.3) is 0 Å². The van der Waals surface area contributed by atoms with Gasteiger partial charge in [0.05, 0.1) is 0 Å². The van der Waals surface area contributed by atoms with Crippen LogP contribution in [0.4, 0.5) is 13.2 Å². The van der Waals surface area contributed by atoms with Crippen molar-refractivity contribution in [1.29, 1.82) is 0 Å². The molecule has 2 aromatic heterocycles. The highest BCUT2D eigenvalue weighted by atomic mass is 19.4. The zero-order valence-electron chi connectivity index (χ0n) is 20.8. The van der Waals surface area contributed by atoms with E-state index >= 15 is 0 Å². The van der Waals surface area contributed by atoms with E-state index in [0.29, 0.717) is 17.3 Å². The van der Waals surface area contributed by atoms with E-state index in [2.05, 4.69) is 15.2 Å². The third-order valence-corrected chi connectivity index (χ3v) is 7.61. The molecule has 1 amide bonds. The molecule has 6 nitrogen and oxygen atoms in total. The molecule has 1 fully saturated rings. The quantitative estimate of drug-likeness (QED) is 0.618. The zero-order chi connectivity index (χ0) is 25.7. The SMILES string of the molecule is Cn1c(C(=O)N[C@H]2CC[C@H](CCN3CCc4ccc(CCC(F)(F)F)nc4CC3)CC2)cccc1=O. The molecule has 196 valence electrons. The normalized spacial score (nSPS) is 21.0. The van der Waals surface area contributed by atoms with Crippen molar-refractivity contribution in [2.75, 3.05) is 19.6 Å². The summed E-state index contributed by atoms with van der Waals surface area (Å²) in [5.41, 5.74) is 2.82. The van der Waals surface area contributed by atoms with Crippen molar-refractivity contribution in [2.24, 2.45) is 13.0 Å². The van der Waals surface area contributed by atoms with Gasteiger partial charge in [-0.3, -0.25) is 14.6 Å². The number of hydrogen-bond donors (Lipinski definition) is 1. The van der Waals surface area contributed by atoms with E-state index in [9.17, 15) is 22.8 Å². The van der Waals surface area contributed by atoms with E-state index in [-0.39, 0.29) is 23.9 Å². The highest BCUT2D eigenvalue weighted by Gasteiger charge is 2.27. The number of nitrogens with zero attached hydrogens (tertiary/aromatic N) is 3. The van der Waals surface area contributed by atoms with Gasteiger partial charge < -0.3 is 14.8 Å². The minimum Gasteiger partial charge on any atom is -0.348 e. The molecule has 3 heterocycles. The first-order chi connectivity index (χ1) is 17.2. The van der Waals surface area contributed by atoms with Crippen LogP contribution in [0.1, 0.15) is 66.0 Å². The maximum Gasteiger partial charge on any atom is 0.389 e. The molecule has 1 aliphatic heterocycles. The second kappa shape index (κ2) is 11.6. The molecule has 4 rings (SSSR count). The number of hydrogen-bond acceptors (Lipinski definition) is 4. The Balaban J connectivity index is 1.19. The number of aromatic nitrogens is 2. The predicted octanol–water partition coefficient (Wildman–Crippen LogP) is 4.05. The van der Waals surface area contributed by atoms with Crippen LogP contribution in [-0.4, -0.2) is 52.2 Å². The third kappa shape index (κ3) is 7.18. The summed E-state index contributed by atoms with van der Waals surface area (Å²) in [4.78, 5) is 31.4. The largest absolute Gasteiger partial charge is 0.389 e. The van der Waals surface area contributed by atoms with Crippen LogP contribution in [0.15, 0.2) is 35.1 Å². The summed E-state index contributed by atoms with van der Waals surface area (Å²) >= 11 is 0. The number of alkyl halides is 3. The average Bonchev–Trinajstić information content (AvgIpc) is 3.05. The summed E-state index contributed by atoms with van der Waals surface area (Å²) in [5.74, 6) is 0.426. The Morgan fingerprint density at radius 3 is 2.58 bits per heavy atom. The fourth-order valence-electron chi connectivity index (χ4n) is 5.32. The van der Waals surface area contributed by atoms with Gasteiger partial charge in [0.25, 0.3) is 11.5 Å². The lowest BCUT2D eigenvalue weighted by Crippen LogP contribution is -2.40. The van der Waals surface area contributed by atoms with E-state index in [1.165, 1.54) is 10.6 Å². The highest BCUT2D eigenvalue weighted by Crippen LogP contribution is 2.28. The monoisotopic (exact) mass is 504 g/mol. The number of rotatable bonds is 7. The van der Waals surface area contributed by atoms with Gasteiger partial charge in [-0.05, 0) is 75.1 Å². The molecule has 0 bridgehead atoms. The van der Waals surface area contributed by atoms with Gasteiger partial charge in [0.1, 0.15) is 5.69 Å². The summed E-state index contributed by atoms with van der Waals surface area (Å²) in [6, 6.07) is 8.56. The van der Waals surface area contributed by atoms with Crippen molar-refractivity contribution in [3.8, 4) is 0 Å². The van der Waals surface area contributed by atoms with Gasteiger partial charge in [0.15, 0.2) is 0 Å². The molecule has 0 spiro atoms. The summed E-state index contributed by atoms with van der Waals surface area (Å²) in [6.45, 7) is 2.82. The van der Waals surface area contributed by atoms with Gasteiger partial charge in [-0.25, -0.2) is 0 Å². The lowest BCUT2D eigenvalue weighted by atomic mass is 9.84. The first kappa shape index (κ1) is 26.4. The maximum absolute atomic E-state index is 12.6. The number of pyridine rings is 2. The summed E-state index contributed by atoms with van der Waals surface area (Å²) in [7, 11) is 1.61. The Kier molecular flexibility index (Phi) is 8.49. The minimum atomic E-state index is -4.16. The number of carbonyl (C=O) groups excluding carboxylic acids is 1. The molecular weight excluding hydrogens is 469 g/mol. The highest BCUT2D eigenvalue weighted by molar-refractivity contribution is 5.92. The molecule has 1 N–H and O–H groups in total. The van der Waals surface area contributed by atoms with E-state index in [4.69, 9.17) is 0 Å². The van der Waals surface area contributed by atoms with Crippen LogP contribution in [0.3, 0.4) is 0 Å². The molecule has 0 saturated heterocycles. The van der Waals surface area contributed by atoms with E-state index in [0.717, 1.165) is 75.8 Å². The number of amides is 1.